The van der Waals surface area contributed by atoms with Crippen LogP contribution in [0.2, 0.25) is 0 Å². The molecule has 2 rings (SSSR count). The van der Waals surface area contributed by atoms with E-state index in [1.54, 1.807) is 11.0 Å². The summed E-state index contributed by atoms with van der Waals surface area (Å²) in [5.41, 5.74) is 0.380. The maximum absolute atomic E-state index is 13.2. The lowest BCUT2D eigenvalue weighted by molar-refractivity contribution is 0.0643. The van der Waals surface area contributed by atoms with Crippen LogP contribution in [-0.2, 0) is 0 Å². The minimum Gasteiger partial charge on any atom is -0.336 e. The van der Waals surface area contributed by atoms with Crippen molar-refractivity contribution >= 4 is 33.4 Å². The number of hydrogen-bond acceptors (Lipinski definition) is 2. The molecule has 0 spiro atoms. The lowest BCUT2D eigenvalue weighted by atomic mass is 10.1. The van der Waals surface area contributed by atoms with Gasteiger partial charge >= 0.3 is 0 Å². The van der Waals surface area contributed by atoms with Crippen LogP contribution in [0.15, 0.2) is 22.7 Å². The van der Waals surface area contributed by atoms with Crippen molar-refractivity contribution in [1.29, 1.82) is 0 Å². The van der Waals surface area contributed by atoms with Crippen LogP contribution in [-0.4, -0.2) is 54.3 Å². The minimum absolute atomic E-state index is 0.128. The molecule has 0 saturated carbocycles. The number of nitrogens with zero attached hydrogens (tertiary/aromatic N) is 2. The number of amides is 1. The number of piperazine rings is 1. The lowest BCUT2D eigenvalue weighted by Crippen LogP contribution is -2.49. The molecule has 0 aromatic heterocycles. The molecule has 0 unspecified atom stereocenters. The Kier molecular flexibility index (Phi) is 5.19. The molecule has 6 heteroatoms. The largest absolute Gasteiger partial charge is 0.336 e. The summed E-state index contributed by atoms with van der Waals surface area (Å²) in [5.74, 6) is 0.0767. The summed E-state index contributed by atoms with van der Waals surface area (Å²) in [6, 6.07) is 4.17. The van der Waals surface area contributed by atoms with Gasteiger partial charge in [-0.05, 0) is 34.1 Å². The zero-order chi connectivity index (χ0) is 13.8. The predicted octanol–water partition coefficient (Wildman–Crippen LogP) is 2.58. The van der Waals surface area contributed by atoms with Gasteiger partial charge in [0.15, 0.2) is 0 Å². The van der Waals surface area contributed by atoms with Gasteiger partial charge in [0.05, 0.1) is 5.56 Å². The number of hydrogen-bond donors (Lipinski definition) is 0. The molecule has 1 aliphatic heterocycles. The maximum atomic E-state index is 13.2. The van der Waals surface area contributed by atoms with Crippen molar-refractivity contribution in [1.82, 2.24) is 9.80 Å². The van der Waals surface area contributed by atoms with Gasteiger partial charge in [-0.2, -0.15) is 0 Å². The molecular formula is C13H15BrClFN2O. The minimum atomic E-state index is -0.396. The average Bonchev–Trinajstić information content (AvgIpc) is 2.42. The quantitative estimate of drug-likeness (QED) is 0.783. The summed E-state index contributed by atoms with van der Waals surface area (Å²) in [6.07, 6.45) is 0. The molecule has 0 radical (unpaired) electrons. The standard InChI is InChI=1S/C13H15BrClFN2O/c14-12-2-1-10(16)9-11(12)13(19)18-7-5-17(4-3-15)6-8-18/h1-2,9H,3-8H2. The van der Waals surface area contributed by atoms with E-state index < -0.39 is 5.82 Å². The Morgan fingerprint density at radius 2 is 2.00 bits per heavy atom. The van der Waals surface area contributed by atoms with Crippen molar-refractivity contribution in [2.75, 3.05) is 38.6 Å². The molecule has 19 heavy (non-hydrogen) atoms. The Balaban J connectivity index is 2.03. The van der Waals surface area contributed by atoms with Crippen LogP contribution in [0, 0.1) is 5.82 Å². The Morgan fingerprint density at radius 3 is 2.63 bits per heavy atom. The number of halogens is 3. The zero-order valence-electron chi connectivity index (χ0n) is 10.4. The maximum Gasteiger partial charge on any atom is 0.255 e. The second-order valence-electron chi connectivity index (χ2n) is 4.45. The topological polar surface area (TPSA) is 23.6 Å². The molecule has 0 N–H and O–H groups in total. The highest BCUT2D eigenvalue weighted by Crippen LogP contribution is 2.20. The second kappa shape index (κ2) is 6.68. The Hall–Kier alpha value is -0.650. The van der Waals surface area contributed by atoms with Crippen LogP contribution >= 0.6 is 27.5 Å². The summed E-state index contributed by atoms with van der Waals surface area (Å²) in [5, 5.41) is 0. The van der Waals surface area contributed by atoms with E-state index in [1.165, 1.54) is 12.1 Å². The van der Waals surface area contributed by atoms with E-state index in [4.69, 9.17) is 11.6 Å². The van der Waals surface area contributed by atoms with Crippen LogP contribution in [0.3, 0.4) is 0 Å². The zero-order valence-corrected chi connectivity index (χ0v) is 12.8. The third kappa shape index (κ3) is 3.68. The molecule has 1 aliphatic rings. The van der Waals surface area contributed by atoms with Crippen molar-refractivity contribution in [3.63, 3.8) is 0 Å². The fraction of sp³-hybridized carbons (Fsp3) is 0.462. The Labute approximate surface area is 125 Å². The van der Waals surface area contributed by atoms with Gasteiger partial charge in [-0.25, -0.2) is 4.39 Å². The summed E-state index contributed by atoms with van der Waals surface area (Å²) < 4.78 is 13.8. The highest BCUT2D eigenvalue weighted by molar-refractivity contribution is 9.10. The number of carbonyl (C=O) groups is 1. The Morgan fingerprint density at radius 1 is 1.32 bits per heavy atom. The van der Waals surface area contributed by atoms with Gasteiger partial charge in [0, 0.05) is 43.1 Å². The van der Waals surface area contributed by atoms with Gasteiger partial charge in [-0.1, -0.05) is 0 Å². The van der Waals surface area contributed by atoms with Crippen LogP contribution in [0.4, 0.5) is 4.39 Å². The summed E-state index contributed by atoms with van der Waals surface area (Å²) in [7, 11) is 0. The predicted molar refractivity (Wildman–Crippen MR) is 77.2 cm³/mol. The van der Waals surface area contributed by atoms with Crippen LogP contribution in [0.5, 0.6) is 0 Å². The third-order valence-corrected chi connectivity index (χ3v) is 4.08. The summed E-state index contributed by atoms with van der Waals surface area (Å²) in [4.78, 5) is 16.3. The molecule has 1 amide bonds. The van der Waals surface area contributed by atoms with E-state index in [0.29, 0.717) is 29.0 Å². The molecule has 1 saturated heterocycles. The number of carbonyl (C=O) groups excluding carboxylic acids is 1. The smallest absolute Gasteiger partial charge is 0.255 e. The van der Waals surface area contributed by atoms with E-state index in [-0.39, 0.29) is 5.91 Å². The van der Waals surface area contributed by atoms with E-state index in [1.807, 2.05) is 0 Å². The van der Waals surface area contributed by atoms with Crippen LogP contribution < -0.4 is 0 Å². The lowest BCUT2D eigenvalue weighted by Gasteiger charge is -2.34. The molecule has 0 bridgehead atoms. The van der Waals surface area contributed by atoms with Gasteiger partial charge < -0.3 is 4.90 Å². The first-order valence-electron chi connectivity index (χ1n) is 6.14. The van der Waals surface area contributed by atoms with Gasteiger partial charge in [0.2, 0.25) is 0 Å². The SMILES string of the molecule is O=C(c1cc(F)ccc1Br)N1CCN(CCCl)CC1. The van der Waals surface area contributed by atoms with E-state index in [2.05, 4.69) is 20.8 Å². The number of benzene rings is 1. The normalized spacial score (nSPS) is 16.7. The summed E-state index contributed by atoms with van der Waals surface area (Å²) >= 11 is 8.99. The van der Waals surface area contributed by atoms with Gasteiger partial charge in [0.25, 0.3) is 5.91 Å². The van der Waals surface area contributed by atoms with E-state index in [9.17, 15) is 9.18 Å². The molecule has 1 heterocycles. The van der Waals surface area contributed by atoms with E-state index >= 15 is 0 Å². The molecular weight excluding hydrogens is 335 g/mol. The number of alkyl halides is 1. The van der Waals surface area contributed by atoms with Crippen LogP contribution in [0.1, 0.15) is 10.4 Å². The van der Waals surface area contributed by atoms with Gasteiger partial charge in [-0.15, -0.1) is 11.6 Å². The van der Waals surface area contributed by atoms with Crippen molar-refractivity contribution < 1.29 is 9.18 Å². The molecule has 1 aromatic rings. The molecule has 1 aromatic carbocycles. The molecule has 0 atom stereocenters. The second-order valence-corrected chi connectivity index (χ2v) is 5.68. The van der Waals surface area contributed by atoms with Crippen molar-refractivity contribution in [3.8, 4) is 0 Å². The highest BCUT2D eigenvalue weighted by atomic mass is 79.9. The first-order valence-corrected chi connectivity index (χ1v) is 7.47. The highest BCUT2D eigenvalue weighted by Gasteiger charge is 2.23. The third-order valence-electron chi connectivity index (χ3n) is 3.22. The van der Waals surface area contributed by atoms with Crippen molar-refractivity contribution in [2.24, 2.45) is 0 Å². The number of rotatable bonds is 3. The van der Waals surface area contributed by atoms with Crippen molar-refractivity contribution in [3.05, 3.63) is 34.1 Å². The molecule has 0 aliphatic carbocycles. The first kappa shape index (κ1) is 14.8. The average molecular weight is 350 g/mol. The molecule has 1 fully saturated rings. The Bertz CT molecular complexity index is 464. The fourth-order valence-electron chi connectivity index (χ4n) is 2.13. The van der Waals surface area contributed by atoms with Gasteiger partial charge in [0.1, 0.15) is 5.82 Å². The fourth-order valence-corrected chi connectivity index (χ4v) is 2.78. The molecule has 104 valence electrons. The van der Waals surface area contributed by atoms with Crippen molar-refractivity contribution in [2.45, 2.75) is 0 Å². The monoisotopic (exact) mass is 348 g/mol. The van der Waals surface area contributed by atoms with Crippen LogP contribution in [0.25, 0.3) is 0 Å². The van der Waals surface area contributed by atoms with E-state index in [0.717, 1.165) is 19.6 Å². The molecule has 3 nitrogen and oxygen atoms in total. The summed E-state index contributed by atoms with van der Waals surface area (Å²) in [6.45, 7) is 3.77. The van der Waals surface area contributed by atoms with Gasteiger partial charge in [-0.3, -0.25) is 9.69 Å². The first-order chi connectivity index (χ1) is 9.11.